The van der Waals surface area contributed by atoms with Gasteiger partial charge in [-0.1, -0.05) is 20.8 Å². The van der Waals surface area contributed by atoms with E-state index in [1.807, 2.05) is 0 Å². The largest absolute Gasteiger partial charge is 0.310 e. The van der Waals surface area contributed by atoms with E-state index >= 15 is 0 Å². The molecule has 1 nitrogen and oxygen atoms in total. The lowest BCUT2D eigenvalue weighted by atomic mass is 9.79. The van der Waals surface area contributed by atoms with E-state index in [0.717, 1.165) is 6.54 Å². The van der Waals surface area contributed by atoms with Gasteiger partial charge in [-0.2, -0.15) is 0 Å². The first-order chi connectivity index (χ1) is 4.84. The van der Waals surface area contributed by atoms with Crippen LogP contribution < -0.4 is 5.32 Å². The fourth-order valence-corrected chi connectivity index (χ4v) is 2.03. The molecule has 0 aromatic carbocycles. The van der Waals surface area contributed by atoms with E-state index in [0.29, 0.717) is 6.42 Å². The summed E-state index contributed by atoms with van der Waals surface area (Å²) in [6.45, 7) is 8.74. The number of hydrogen-bond donors (Lipinski definition) is 1. The van der Waals surface area contributed by atoms with Gasteiger partial charge in [0, 0.05) is 6.04 Å². The summed E-state index contributed by atoms with van der Waals surface area (Å²) in [6, 6.07) is 0.00926. The zero-order chi connectivity index (χ0) is 8.70. The molecule has 0 aromatic rings. The minimum absolute atomic E-state index is 0.00926. The van der Waals surface area contributed by atoms with Gasteiger partial charge in [-0.3, -0.25) is 0 Å². The fourth-order valence-electron chi connectivity index (χ4n) is 2.03. The number of hydrogen-bond acceptors (Lipinski definition) is 1. The van der Waals surface area contributed by atoms with Gasteiger partial charge in [-0.15, -0.1) is 0 Å². The molecule has 1 aliphatic heterocycles. The molecule has 2 heteroatoms. The zero-order valence-electron chi connectivity index (χ0n) is 7.87. The van der Waals surface area contributed by atoms with Crippen molar-refractivity contribution in [2.24, 2.45) is 5.41 Å². The van der Waals surface area contributed by atoms with Crippen molar-refractivity contribution in [1.82, 2.24) is 5.32 Å². The van der Waals surface area contributed by atoms with Crippen LogP contribution in [-0.4, -0.2) is 18.3 Å². The maximum Gasteiger partial charge on any atom is 0.125 e. The Balaban J connectivity index is 2.73. The molecule has 0 amide bonds. The molecule has 11 heavy (non-hydrogen) atoms. The minimum Gasteiger partial charge on any atom is -0.310 e. The van der Waals surface area contributed by atoms with Crippen LogP contribution in [0, 0.1) is 5.41 Å². The molecule has 0 bridgehead atoms. The lowest BCUT2D eigenvalue weighted by molar-refractivity contribution is 0.0994. The highest BCUT2D eigenvalue weighted by molar-refractivity contribution is 5.00. The van der Waals surface area contributed by atoms with Gasteiger partial charge in [0.25, 0.3) is 0 Å². The van der Waals surface area contributed by atoms with E-state index in [1.165, 1.54) is 0 Å². The quantitative estimate of drug-likeness (QED) is 0.571. The lowest BCUT2D eigenvalue weighted by Crippen LogP contribution is -2.46. The number of nitrogens with one attached hydrogen (secondary N) is 1. The highest BCUT2D eigenvalue weighted by atomic mass is 19.1. The van der Waals surface area contributed by atoms with Crippen LogP contribution in [0.2, 0.25) is 0 Å². The lowest BCUT2D eigenvalue weighted by Gasteiger charge is -2.34. The average molecular weight is 159 g/mol. The Labute approximate surface area is 68.4 Å². The number of halogens is 1. The minimum atomic E-state index is -1.02. The molecule has 0 radical (unpaired) electrons. The maximum atomic E-state index is 13.7. The molecule has 1 fully saturated rings. The van der Waals surface area contributed by atoms with Crippen molar-refractivity contribution in [2.45, 2.75) is 45.8 Å². The molecule has 1 N–H and O–H groups in total. The van der Waals surface area contributed by atoms with Gasteiger partial charge in [0.1, 0.15) is 5.67 Å². The van der Waals surface area contributed by atoms with Crippen molar-refractivity contribution in [3.63, 3.8) is 0 Å². The Hall–Kier alpha value is -0.110. The van der Waals surface area contributed by atoms with Gasteiger partial charge in [-0.05, 0) is 25.3 Å². The summed E-state index contributed by atoms with van der Waals surface area (Å²) in [7, 11) is 0. The second-order valence-electron chi connectivity index (χ2n) is 4.78. The van der Waals surface area contributed by atoms with Crippen LogP contribution >= 0.6 is 0 Å². The SMILES string of the molecule is CC(C)(C)C1NCCC1(C)F. The van der Waals surface area contributed by atoms with Crippen LogP contribution in [0.3, 0.4) is 0 Å². The molecule has 1 saturated heterocycles. The van der Waals surface area contributed by atoms with Gasteiger partial charge in [-0.25, -0.2) is 4.39 Å². The zero-order valence-corrected chi connectivity index (χ0v) is 7.87. The van der Waals surface area contributed by atoms with E-state index < -0.39 is 5.67 Å². The predicted molar refractivity (Wildman–Crippen MR) is 45.4 cm³/mol. The maximum absolute atomic E-state index is 13.7. The Bertz CT molecular complexity index is 146. The van der Waals surface area contributed by atoms with Crippen LogP contribution in [0.4, 0.5) is 4.39 Å². The third-order valence-electron chi connectivity index (χ3n) is 2.43. The van der Waals surface area contributed by atoms with Crippen molar-refractivity contribution in [1.29, 1.82) is 0 Å². The highest BCUT2D eigenvalue weighted by Crippen LogP contribution is 2.36. The third-order valence-corrected chi connectivity index (χ3v) is 2.43. The molecule has 0 saturated carbocycles. The fraction of sp³-hybridized carbons (Fsp3) is 1.00. The Morgan fingerprint density at radius 2 is 2.00 bits per heavy atom. The van der Waals surface area contributed by atoms with Crippen LogP contribution in [-0.2, 0) is 0 Å². The summed E-state index contributed by atoms with van der Waals surface area (Å²) in [5.74, 6) is 0. The second kappa shape index (κ2) is 2.44. The first-order valence-corrected chi connectivity index (χ1v) is 4.26. The normalized spacial score (nSPS) is 39.5. The van der Waals surface area contributed by atoms with Gasteiger partial charge < -0.3 is 5.32 Å². The summed E-state index contributed by atoms with van der Waals surface area (Å²) >= 11 is 0. The molecular weight excluding hydrogens is 141 g/mol. The van der Waals surface area contributed by atoms with Gasteiger partial charge in [0.15, 0.2) is 0 Å². The third kappa shape index (κ3) is 1.73. The summed E-state index contributed by atoms with van der Waals surface area (Å²) < 4.78 is 13.7. The van der Waals surface area contributed by atoms with E-state index in [4.69, 9.17) is 0 Å². The molecule has 2 unspecified atom stereocenters. The summed E-state index contributed by atoms with van der Waals surface area (Å²) in [5, 5.41) is 3.21. The molecule has 1 aliphatic rings. The van der Waals surface area contributed by atoms with Crippen molar-refractivity contribution >= 4 is 0 Å². The van der Waals surface area contributed by atoms with Gasteiger partial charge in [0.05, 0.1) is 0 Å². The van der Waals surface area contributed by atoms with Crippen molar-refractivity contribution < 1.29 is 4.39 Å². The first-order valence-electron chi connectivity index (χ1n) is 4.26. The Morgan fingerprint density at radius 1 is 1.45 bits per heavy atom. The monoisotopic (exact) mass is 159 g/mol. The molecular formula is C9H18FN. The second-order valence-corrected chi connectivity index (χ2v) is 4.78. The van der Waals surface area contributed by atoms with E-state index in [9.17, 15) is 4.39 Å². The molecule has 1 rings (SSSR count). The van der Waals surface area contributed by atoms with Gasteiger partial charge in [0.2, 0.25) is 0 Å². The number of rotatable bonds is 0. The topological polar surface area (TPSA) is 12.0 Å². The Kier molecular flexibility index (Phi) is 1.99. The van der Waals surface area contributed by atoms with E-state index in [2.05, 4.69) is 26.1 Å². The molecule has 1 heterocycles. The van der Waals surface area contributed by atoms with E-state index in [1.54, 1.807) is 6.92 Å². The van der Waals surface area contributed by atoms with E-state index in [-0.39, 0.29) is 11.5 Å². The van der Waals surface area contributed by atoms with Gasteiger partial charge >= 0.3 is 0 Å². The van der Waals surface area contributed by atoms with Crippen molar-refractivity contribution in [3.8, 4) is 0 Å². The smallest absolute Gasteiger partial charge is 0.125 e. The summed E-state index contributed by atoms with van der Waals surface area (Å²) in [6.07, 6.45) is 0.648. The van der Waals surface area contributed by atoms with Crippen LogP contribution in [0.5, 0.6) is 0 Å². The molecule has 0 aliphatic carbocycles. The molecule has 2 atom stereocenters. The van der Waals surface area contributed by atoms with Crippen LogP contribution in [0.1, 0.15) is 34.1 Å². The Morgan fingerprint density at radius 3 is 2.18 bits per heavy atom. The molecule has 0 spiro atoms. The van der Waals surface area contributed by atoms with Crippen LogP contribution in [0.15, 0.2) is 0 Å². The highest BCUT2D eigenvalue weighted by Gasteiger charge is 2.44. The molecule has 66 valence electrons. The van der Waals surface area contributed by atoms with Crippen molar-refractivity contribution in [2.75, 3.05) is 6.54 Å². The van der Waals surface area contributed by atoms with Crippen molar-refractivity contribution in [3.05, 3.63) is 0 Å². The standard InChI is InChI=1S/C9H18FN/c1-8(2,3)7-9(4,10)5-6-11-7/h7,11H,5-6H2,1-4H3. The summed E-state index contributed by atoms with van der Waals surface area (Å²) in [4.78, 5) is 0. The molecule has 0 aromatic heterocycles. The van der Waals surface area contributed by atoms with Crippen LogP contribution in [0.25, 0.3) is 0 Å². The number of alkyl halides is 1. The predicted octanol–water partition coefficient (Wildman–Crippen LogP) is 2.12. The summed E-state index contributed by atoms with van der Waals surface area (Å²) in [5.41, 5.74) is -0.988. The average Bonchev–Trinajstić information content (AvgIpc) is 2.06. The first kappa shape index (κ1) is 8.98.